The summed E-state index contributed by atoms with van der Waals surface area (Å²) in [6.45, 7) is 3.92. The molecule has 0 radical (unpaired) electrons. The van der Waals surface area contributed by atoms with Crippen LogP contribution in [0, 0.1) is 11.7 Å². The van der Waals surface area contributed by atoms with Crippen LogP contribution >= 0.6 is 15.9 Å². The van der Waals surface area contributed by atoms with E-state index in [4.69, 9.17) is 0 Å². The molecule has 3 nitrogen and oxygen atoms in total. The summed E-state index contributed by atoms with van der Waals surface area (Å²) >= 11 is 3.25. The Balaban J connectivity index is 2.65. The third kappa shape index (κ3) is 5.84. The molecule has 0 heterocycles. The first-order valence-electron chi connectivity index (χ1n) is 6.47. The lowest BCUT2D eigenvalue weighted by atomic mass is 10.0. The molecule has 0 aliphatic carbocycles. The molecule has 1 atom stereocenters. The summed E-state index contributed by atoms with van der Waals surface area (Å²) in [5, 5.41) is 11.9. The molecule has 1 aromatic carbocycles. The van der Waals surface area contributed by atoms with Crippen LogP contribution < -0.4 is 5.32 Å². The lowest BCUT2D eigenvalue weighted by molar-refractivity contribution is -0.117. The first-order valence-corrected chi connectivity index (χ1v) is 7.26. The fraction of sp³-hybridized carbons (Fsp3) is 0.400. The monoisotopic (exact) mass is 343 g/mol. The van der Waals surface area contributed by atoms with Crippen molar-refractivity contribution < 1.29 is 14.3 Å². The van der Waals surface area contributed by atoms with Crippen molar-refractivity contribution in [2.75, 3.05) is 6.61 Å². The molecule has 0 aliphatic heterocycles. The highest BCUT2D eigenvalue weighted by Crippen LogP contribution is 2.16. The second kappa shape index (κ2) is 8.17. The van der Waals surface area contributed by atoms with E-state index in [2.05, 4.69) is 21.2 Å². The van der Waals surface area contributed by atoms with E-state index in [1.807, 2.05) is 13.8 Å². The lowest BCUT2D eigenvalue weighted by Gasteiger charge is -2.17. The van der Waals surface area contributed by atoms with Crippen molar-refractivity contribution in [3.63, 3.8) is 0 Å². The molecule has 0 saturated carbocycles. The highest BCUT2D eigenvalue weighted by molar-refractivity contribution is 9.10. The van der Waals surface area contributed by atoms with Gasteiger partial charge >= 0.3 is 0 Å². The summed E-state index contributed by atoms with van der Waals surface area (Å²) in [6.07, 6.45) is 3.38. The van der Waals surface area contributed by atoms with Crippen LogP contribution in [-0.4, -0.2) is 23.7 Å². The average molecular weight is 344 g/mol. The third-order valence-corrected chi connectivity index (χ3v) is 3.19. The van der Waals surface area contributed by atoms with Crippen LogP contribution in [0.5, 0.6) is 0 Å². The minimum absolute atomic E-state index is 0.108. The van der Waals surface area contributed by atoms with Crippen molar-refractivity contribution in [1.82, 2.24) is 5.32 Å². The highest BCUT2D eigenvalue weighted by atomic mass is 79.9. The molecular formula is C15H19BrFNO2. The van der Waals surface area contributed by atoms with Gasteiger partial charge < -0.3 is 10.4 Å². The van der Waals surface area contributed by atoms with Gasteiger partial charge in [0.2, 0.25) is 5.91 Å². The first-order chi connectivity index (χ1) is 9.42. The van der Waals surface area contributed by atoms with Gasteiger partial charge in [0.05, 0.1) is 12.6 Å². The molecule has 0 fully saturated rings. The number of benzene rings is 1. The van der Waals surface area contributed by atoms with Gasteiger partial charge in [-0.05, 0) is 36.6 Å². The number of nitrogens with one attached hydrogen (secondary N) is 1. The average Bonchev–Trinajstić information content (AvgIpc) is 2.38. The van der Waals surface area contributed by atoms with Gasteiger partial charge in [-0.3, -0.25) is 4.79 Å². The van der Waals surface area contributed by atoms with Gasteiger partial charge in [0.15, 0.2) is 0 Å². The molecule has 0 aliphatic rings. The van der Waals surface area contributed by atoms with Gasteiger partial charge in [-0.15, -0.1) is 0 Å². The van der Waals surface area contributed by atoms with Gasteiger partial charge in [0.25, 0.3) is 0 Å². The van der Waals surface area contributed by atoms with Crippen molar-refractivity contribution in [3.05, 3.63) is 40.1 Å². The van der Waals surface area contributed by atoms with E-state index in [1.54, 1.807) is 12.1 Å². The van der Waals surface area contributed by atoms with Crippen LogP contribution in [0.4, 0.5) is 4.39 Å². The zero-order valence-corrected chi connectivity index (χ0v) is 13.2. The van der Waals surface area contributed by atoms with Gasteiger partial charge in [-0.2, -0.15) is 0 Å². The van der Waals surface area contributed by atoms with Gasteiger partial charge in [-0.1, -0.05) is 29.8 Å². The normalized spacial score (nSPS) is 12.9. The Labute approximate surface area is 127 Å². The number of rotatable bonds is 6. The molecule has 1 unspecified atom stereocenters. The van der Waals surface area contributed by atoms with E-state index in [9.17, 15) is 14.3 Å². The highest BCUT2D eigenvalue weighted by Gasteiger charge is 2.11. The predicted octanol–water partition coefficient (Wildman–Crippen LogP) is 3.12. The molecule has 20 heavy (non-hydrogen) atoms. The number of aliphatic hydroxyl groups excluding tert-OH is 1. The minimum Gasteiger partial charge on any atom is -0.394 e. The Bertz CT molecular complexity index is 489. The van der Waals surface area contributed by atoms with Crippen molar-refractivity contribution in [3.8, 4) is 0 Å². The summed E-state index contributed by atoms with van der Waals surface area (Å²) in [4.78, 5) is 11.7. The summed E-state index contributed by atoms with van der Waals surface area (Å²) < 4.78 is 14.2. The second-order valence-corrected chi connectivity index (χ2v) is 5.93. The number of halogens is 2. The van der Waals surface area contributed by atoms with Crippen LogP contribution in [-0.2, 0) is 4.79 Å². The van der Waals surface area contributed by atoms with E-state index >= 15 is 0 Å². The van der Waals surface area contributed by atoms with Gasteiger partial charge in [0, 0.05) is 16.1 Å². The zero-order valence-electron chi connectivity index (χ0n) is 11.6. The molecular weight excluding hydrogens is 325 g/mol. The number of amides is 1. The second-order valence-electron chi connectivity index (χ2n) is 5.02. The van der Waals surface area contributed by atoms with Gasteiger partial charge in [0.1, 0.15) is 5.82 Å². The Morgan fingerprint density at radius 1 is 1.50 bits per heavy atom. The topological polar surface area (TPSA) is 49.3 Å². The zero-order chi connectivity index (χ0) is 15.1. The maximum atomic E-state index is 13.5. The molecule has 1 amide bonds. The fourth-order valence-corrected chi connectivity index (χ4v) is 2.18. The Morgan fingerprint density at radius 3 is 2.80 bits per heavy atom. The van der Waals surface area contributed by atoms with E-state index in [0.29, 0.717) is 17.9 Å². The van der Waals surface area contributed by atoms with Crippen LogP contribution in [0.1, 0.15) is 25.8 Å². The van der Waals surface area contributed by atoms with Crippen LogP contribution in [0.15, 0.2) is 28.7 Å². The van der Waals surface area contributed by atoms with Crippen molar-refractivity contribution in [1.29, 1.82) is 0 Å². The Hall–Kier alpha value is -1.20. The van der Waals surface area contributed by atoms with Crippen LogP contribution in [0.3, 0.4) is 0 Å². The molecule has 2 N–H and O–H groups in total. The number of hydrogen-bond acceptors (Lipinski definition) is 2. The van der Waals surface area contributed by atoms with E-state index in [1.165, 1.54) is 18.2 Å². The first kappa shape index (κ1) is 16.9. The maximum Gasteiger partial charge on any atom is 0.244 e. The van der Waals surface area contributed by atoms with Crippen molar-refractivity contribution in [2.45, 2.75) is 26.3 Å². The number of hydrogen-bond donors (Lipinski definition) is 2. The SMILES string of the molecule is CC(C)CC(CO)NC(=O)/C=C/c1cc(Br)ccc1F. The van der Waals surface area contributed by atoms with E-state index < -0.39 is 5.82 Å². The summed E-state index contributed by atoms with van der Waals surface area (Å²) in [6, 6.07) is 4.24. The standard InChI is InChI=1S/C15H19BrFNO2/c1-10(2)7-13(9-19)18-15(20)6-3-11-8-12(16)4-5-14(11)17/h3-6,8,10,13,19H,7,9H2,1-2H3,(H,18,20)/b6-3+. The molecule has 1 rings (SSSR count). The van der Waals surface area contributed by atoms with E-state index in [0.717, 1.165) is 4.47 Å². The van der Waals surface area contributed by atoms with E-state index in [-0.39, 0.29) is 18.6 Å². The molecule has 0 spiro atoms. The van der Waals surface area contributed by atoms with Gasteiger partial charge in [-0.25, -0.2) is 4.39 Å². The molecule has 0 saturated heterocycles. The smallest absolute Gasteiger partial charge is 0.244 e. The fourth-order valence-electron chi connectivity index (χ4n) is 1.81. The third-order valence-electron chi connectivity index (χ3n) is 2.70. The molecule has 0 aromatic heterocycles. The molecule has 5 heteroatoms. The molecule has 110 valence electrons. The summed E-state index contributed by atoms with van der Waals surface area (Å²) in [5.74, 6) is -0.360. The minimum atomic E-state index is -0.391. The summed E-state index contributed by atoms with van der Waals surface area (Å²) in [7, 11) is 0. The van der Waals surface area contributed by atoms with Crippen molar-refractivity contribution in [2.24, 2.45) is 5.92 Å². The Morgan fingerprint density at radius 2 is 2.20 bits per heavy atom. The summed E-state index contributed by atoms with van der Waals surface area (Å²) in [5.41, 5.74) is 0.332. The number of carbonyl (C=O) groups is 1. The van der Waals surface area contributed by atoms with Crippen LogP contribution in [0.2, 0.25) is 0 Å². The van der Waals surface area contributed by atoms with Crippen LogP contribution in [0.25, 0.3) is 6.08 Å². The quantitative estimate of drug-likeness (QED) is 0.779. The predicted molar refractivity (Wildman–Crippen MR) is 81.6 cm³/mol. The molecule has 0 bridgehead atoms. The Kier molecular flexibility index (Phi) is 6.88. The largest absolute Gasteiger partial charge is 0.394 e. The van der Waals surface area contributed by atoms with Crippen molar-refractivity contribution >= 4 is 27.9 Å². The number of aliphatic hydroxyl groups is 1. The lowest BCUT2D eigenvalue weighted by Crippen LogP contribution is -2.37. The maximum absolute atomic E-state index is 13.5. The molecule has 1 aromatic rings. The number of carbonyl (C=O) groups excluding carboxylic acids is 1.